The first kappa shape index (κ1) is 12.3. The molecule has 0 aromatic carbocycles. The second-order valence-corrected chi connectivity index (χ2v) is 4.28. The molecule has 0 aromatic rings. The third-order valence-corrected chi connectivity index (χ3v) is 2.69. The molecule has 3 N–H and O–H groups in total. The van der Waals surface area contributed by atoms with Crippen molar-refractivity contribution in [3.8, 4) is 0 Å². The Labute approximate surface area is 92.9 Å². The maximum absolute atomic E-state index is 5.79. The number of aliphatic imine (C=N–C) groups is 1. The molecular weight excluding hydrogens is 188 g/mol. The normalized spacial score (nSPS) is 19.3. The lowest BCUT2D eigenvalue weighted by molar-refractivity contribution is 0.281. The predicted molar refractivity (Wildman–Crippen MR) is 65.0 cm³/mol. The van der Waals surface area contributed by atoms with E-state index in [9.17, 15) is 0 Å². The average molecular weight is 212 g/mol. The molecule has 88 valence electrons. The van der Waals surface area contributed by atoms with Crippen LogP contribution >= 0.6 is 0 Å². The van der Waals surface area contributed by atoms with Gasteiger partial charge in [0.15, 0.2) is 5.96 Å². The molecule has 1 aliphatic carbocycles. The lowest BCUT2D eigenvalue weighted by Crippen LogP contribution is -2.45. The minimum Gasteiger partial charge on any atom is -0.370 e. The molecular formula is C11H24N4. The number of nitrogens with one attached hydrogen (secondary N) is 1. The molecule has 1 rings (SSSR count). The molecule has 4 heteroatoms. The minimum absolute atomic E-state index is 0.368. The van der Waals surface area contributed by atoms with Crippen molar-refractivity contribution in [2.24, 2.45) is 10.7 Å². The van der Waals surface area contributed by atoms with Crippen LogP contribution in [0, 0.1) is 0 Å². The van der Waals surface area contributed by atoms with Gasteiger partial charge in [-0.1, -0.05) is 13.8 Å². The van der Waals surface area contributed by atoms with E-state index in [0.717, 1.165) is 19.6 Å². The Bertz CT molecular complexity index is 207. The molecule has 0 saturated heterocycles. The van der Waals surface area contributed by atoms with Crippen molar-refractivity contribution in [2.75, 3.05) is 19.6 Å². The minimum atomic E-state index is 0.368. The van der Waals surface area contributed by atoms with Crippen LogP contribution in [0.4, 0.5) is 0 Å². The summed E-state index contributed by atoms with van der Waals surface area (Å²) in [4.78, 5) is 6.73. The third kappa shape index (κ3) is 5.02. The first-order chi connectivity index (χ1) is 7.15. The zero-order valence-corrected chi connectivity index (χ0v) is 10.2. The summed E-state index contributed by atoms with van der Waals surface area (Å²) >= 11 is 0. The summed E-state index contributed by atoms with van der Waals surface area (Å²) in [6.07, 6.45) is 2.40. The van der Waals surface area contributed by atoms with Crippen LogP contribution in [0.2, 0.25) is 0 Å². The molecule has 4 nitrogen and oxygen atoms in total. The number of hydrogen-bond donors (Lipinski definition) is 2. The molecule has 0 aromatic heterocycles. The fourth-order valence-electron chi connectivity index (χ4n) is 1.60. The molecule has 1 fully saturated rings. The molecule has 0 aliphatic heterocycles. The highest BCUT2D eigenvalue weighted by Crippen LogP contribution is 2.22. The van der Waals surface area contributed by atoms with Crippen LogP contribution in [-0.2, 0) is 0 Å². The maximum atomic E-state index is 5.79. The monoisotopic (exact) mass is 212 g/mol. The fraction of sp³-hybridized carbons (Fsp3) is 0.909. The molecule has 1 atom stereocenters. The number of nitrogens with zero attached hydrogens (tertiary/aromatic N) is 2. The van der Waals surface area contributed by atoms with E-state index in [0.29, 0.717) is 18.0 Å². The second-order valence-electron chi connectivity index (χ2n) is 4.28. The number of rotatable bonds is 6. The molecule has 0 amide bonds. The van der Waals surface area contributed by atoms with E-state index < -0.39 is 0 Å². The smallest absolute Gasteiger partial charge is 0.189 e. The van der Waals surface area contributed by atoms with Gasteiger partial charge in [0.25, 0.3) is 0 Å². The zero-order valence-electron chi connectivity index (χ0n) is 10.2. The molecule has 1 unspecified atom stereocenters. The van der Waals surface area contributed by atoms with Crippen LogP contribution in [0.15, 0.2) is 4.99 Å². The fourth-order valence-corrected chi connectivity index (χ4v) is 1.60. The maximum Gasteiger partial charge on any atom is 0.189 e. The summed E-state index contributed by atoms with van der Waals surface area (Å²) < 4.78 is 0. The van der Waals surface area contributed by atoms with Gasteiger partial charge in [-0.2, -0.15) is 0 Å². The van der Waals surface area contributed by atoms with Crippen LogP contribution in [0.25, 0.3) is 0 Å². The Hall–Kier alpha value is -0.770. The number of hydrogen-bond acceptors (Lipinski definition) is 2. The summed E-state index contributed by atoms with van der Waals surface area (Å²) in [6, 6.07) is 0.866. The lowest BCUT2D eigenvalue weighted by atomic mass is 10.3. The van der Waals surface area contributed by atoms with Crippen LogP contribution in [0.3, 0.4) is 0 Å². The largest absolute Gasteiger partial charge is 0.370 e. The van der Waals surface area contributed by atoms with Crippen LogP contribution in [0.5, 0.6) is 0 Å². The zero-order chi connectivity index (χ0) is 11.3. The van der Waals surface area contributed by atoms with E-state index in [4.69, 9.17) is 5.73 Å². The quantitative estimate of drug-likeness (QED) is 0.505. The summed E-state index contributed by atoms with van der Waals surface area (Å²) in [5.74, 6) is 0.608. The SMILES string of the molecule is CCN(CC)CC(C)NC(N)=NC1CC1. The highest BCUT2D eigenvalue weighted by Gasteiger charge is 2.20. The van der Waals surface area contributed by atoms with Crippen LogP contribution in [0.1, 0.15) is 33.6 Å². The highest BCUT2D eigenvalue weighted by atomic mass is 15.2. The van der Waals surface area contributed by atoms with Crippen LogP contribution in [-0.4, -0.2) is 42.6 Å². The van der Waals surface area contributed by atoms with Gasteiger partial charge in [-0.3, -0.25) is 4.99 Å². The predicted octanol–water partition coefficient (Wildman–Crippen LogP) is 0.783. The summed E-state index contributed by atoms with van der Waals surface area (Å²) in [5, 5.41) is 3.24. The molecule has 0 bridgehead atoms. The lowest BCUT2D eigenvalue weighted by Gasteiger charge is -2.23. The van der Waals surface area contributed by atoms with E-state index in [1.165, 1.54) is 12.8 Å². The van der Waals surface area contributed by atoms with Crippen molar-refractivity contribution in [1.29, 1.82) is 0 Å². The van der Waals surface area contributed by atoms with Crippen molar-refractivity contribution in [1.82, 2.24) is 10.2 Å². The molecule has 0 heterocycles. The molecule has 0 spiro atoms. The number of nitrogens with two attached hydrogens (primary N) is 1. The van der Waals surface area contributed by atoms with E-state index in [-0.39, 0.29) is 0 Å². The molecule has 0 radical (unpaired) electrons. The number of guanidine groups is 1. The molecule has 15 heavy (non-hydrogen) atoms. The number of likely N-dealkylation sites (N-methyl/N-ethyl adjacent to an activating group) is 1. The Morgan fingerprint density at radius 2 is 2.07 bits per heavy atom. The van der Waals surface area contributed by atoms with Gasteiger partial charge in [0.2, 0.25) is 0 Å². The summed E-state index contributed by atoms with van der Waals surface area (Å²) in [5.41, 5.74) is 5.79. The van der Waals surface area contributed by atoms with Crippen LogP contribution < -0.4 is 11.1 Å². The van der Waals surface area contributed by atoms with Crippen molar-refractivity contribution in [3.63, 3.8) is 0 Å². The van der Waals surface area contributed by atoms with Gasteiger partial charge in [0, 0.05) is 12.6 Å². The van der Waals surface area contributed by atoms with Gasteiger partial charge in [-0.25, -0.2) is 0 Å². The Morgan fingerprint density at radius 1 is 1.47 bits per heavy atom. The van der Waals surface area contributed by atoms with E-state index in [1.807, 2.05) is 0 Å². The van der Waals surface area contributed by atoms with Gasteiger partial charge in [0.05, 0.1) is 6.04 Å². The van der Waals surface area contributed by atoms with Gasteiger partial charge in [-0.15, -0.1) is 0 Å². The molecule has 1 aliphatic rings. The van der Waals surface area contributed by atoms with Crippen molar-refractivity contribution in [3.05, 3.63) is 0 Å². The first-order valence-electron chi connectivity index (χ1n) is 5.97. The average Bonchev–Trinajstić information content (AvgIpc) is 2.97. The van der Waals surface area contributed by atoms with Gasteiger partial charge in [-0.05, 0) is 32.9 Å². The molecule has 1 saturated carbocycles. The Kier molecular flexibility index (Phi) is 4.88. The Morgan fingerprint density at radius 3 is 2.53 bits per heavy atom. The van der Waals surface area contributed by atoms with Crippen molar-refractivity contribution >= 4 is 5.96 Å². The van der Waals surface area contributed by atoms with E-state index in [2.05, 4.69) is 36.0 Å². The van der Waals surface area contributed by atoms with Gasteiger partial charge in [0.1, 0.15) is 0 Å². The summed E-state index contributed by atoms with van der Waals surface area (Å²) in [7, 11) is 0. The van der Waals surface area contributed by atoms with Crippen molar-refractivity contribution in [2.45, 2.75) is 45.7 Å². The standard InChI is InChI=1S/C11H24N4/c1-4-15(5-2)8-9(3)13-11(12)14-10-6-7-10/h9-10H,4-8H2,1-3H3,(H3,12,13,14). The van der Waals surface area contributed by atoms with Gasteiger partial charge < -0.3 is 16.0 Å². The highest BCUT2D eigenvalue weighted by molar-refractivity contribution is 5.78. The third-order valence-electron chi connectivity index (χ3n) is 2.69. The summed E-state index contributed by atoms with van der Waals surface area (Å²) in [6.45, 7) is 9.70. The Balaban J connectivity index is 2.24. The topological polar surface area (TPSA) is 53.6 Å². The first-order valence-corrected chi connectivity index (χ1v) is 5.97. The van der Waals surface area contributed by atoms with E-state index in [1.54, 1.807) is 0 Å². The van der Waals surface area contributed by atoms with E-state index >= 15 is 0 Å². The van der Waals surface area contributed by atoms with Gasteiger partial charge >= 0.3 is 0 Å². The second kappa shape index (κ2) is 5.95. The van der Waals surface area contributed by atoms with Crippen molar-refractivity contribution < 1.29 is 0 Å².